The minimum Gasteiger partial charge on any atom is -0.331 e. The number of hydrogen-bond acceptors (Lipinski definition) is 2. The van der Waals surface area contributed by atoms with Crippen molar-refractivity contribution in [2.24, 2.45) is 17.3 Å². The molecule has 0 amide bonds. The van der Waals surface area contributed by atoms with Gasteiger partial charge >= 0.3 is 0 Å². The van der Waals surface area contributed by atoms with Crippen LogP contribution < -0.4 is 9.80 Å². The van der Waals surface area contributed by atoms with Crippen molar-refractivity contribution in [3.8, 4) is 44.5 Å². The molecule has 0 saturated carbocycles. The molecule has 13 rings (SSSR count). The molecule has 2 nitrogen and oxygen atoms in total. The topological polar surface area (TPSA) is 6.48 Å². The van der Waals surface area contributed by atoms with Crippen molar-refractivity contribution in [1.29, 1.82) is 0 Å². The van der Waals surface area contributed by atoms with Crippen molar-refractivity contribution in [1.82, 2.24) is 0 Å². The average molecular weight is 1010 g/mol. The van der Waals surface area contributed by atoms with Gasteiger partial charge in [0.25, 0.3) is 0 Å². The van der Waals surface area contributed by atoms with E-state index in [0.717, 1.165) is 35.5 Å². The molecule has 10 aromatic rings. The first-order valence-corrected chi connectivity index (χ1v) is 27.8. The van der Waals surface area contributed by atoms with Gasteiger partial charge in [-0.2, -0.15) is 0 Å². The lowest BCUT2D eigenvalue weighted by atomic mass is 9.55. The number of benzene rings is 10. The molecule has 0 aliphatic heterocycles. The molecule has 0 N–H and O–H groups in total. The maximum atomic E-state index is 2.68. The Hall–Kier alpha value is -8.98. The zero-order valence-electron chi connectivity index (χ0n) is 44.8. The number of anilines is 5. The average Bonchev–Trinajstić information content (AvgIpc) is 4.00. The van der Waals surface area contributed by atoms with Crippen LogP contribution in [0, 0.1) is 17.3 Å². The van der Waals surface area contributed by atoms with Crippen LogP contribution in [-0.2, 0) is 5.41 Å². The van der Waals surface area contributed by atoms with Crippen LogP contribution in [0.3, 0.4) is 0 Å². The van der Waals surface area contributed by atoms with Gasteiger partial charge in [0.1, 0.15) is 0 Å². The molecule has 0 spiro atoms. The summed E-state index contributed by atoms with van der Waals surface area (Å²) < 4.78 is 0. The van der Waals surface area contributed by atoms with Crippen LogP contribution in [0.2, 0.25) is 0 Å². The summed E-state index contributed by atoms with van der Waals surface area (Å²) >= 11 is 0. The van der Waals surface area contributed by atoms with Gasteiger partial charge in [-0.15, -0.1) is 0 Å². The molecule has 10 aromatic carbocycles. The highest BCUT2D eigenvalue weighted by Crippen LogP contribution is 2.69. The lowest BCUT2D eigenvalue weighted by Crippen LogP contribution is -2.51. The monoisotopic (exact) mass is 1000 g/mol. The fourth-order valence-corrected chi connectivity index (χ4v) is 14.1. The third kappa shape index (κ3) is 8.44. The molecule has 4 unspecified atom stereocenters. The second kappa shape index (κ2) is 20.2. The lowest BCUT2D eigenvalue weighted by Gasteiger charge is -2.52. The van der Waals surface area contributed by atoms with Crippen molar-refractivity contribution in [2.75, 3.05) is 9.80 Å². The second-order valence-corrected chi connectivity index (χ2v) is 22.2. The number of allylic oxidation sites excluding steroid dienone is 4. The number of nitrogens with zero attached hydrogens (tertiary/aromatic N) is 2. The van der Waals surface area contributed by atoms with Gasteiger partial charge in [0.15, 0.2) is 0 Å². The van der Waals surface area contributed by atoms with E-state index >= 15 is 0 Å². The summed E-state index contributed by atoms with van der Waals surface area (Å²) in [6, 6.07) is 100. The van der Waals surface area contributed by atoms with Gasteiger partial charge < -0.3 is 9.80 Å². The van der Waals surface area contributed by atoms with Crippen LogP contribution in [0.5, 0.6) is 0 Å². The van der Waals surface area contributed by atoms with E-state index < -0.39 is 5.54 Å². The quantitative estimate of drug-likeness (QED) is 0.113. The molecule has 3 aliphatic rings. The lowest BCUT2D eigenvalue weighted by molar-refractivity contribution is 0.187. The normalized spacial score (nSPS) is 19.9. The molecule has 0 radical (unpaired) electrons. The van der Waals surface area contributed by atoms with E-state index in [9.17, 15) is 0 Å². The first-order chi connectivity index (χ1) is 38.3. The maximum absolute atomic E-state index is 2.68. The van der Waals surface area contributed by atoms with Gasteiger partial charge in [0.2, 0.25) is 0 Å². The Kier molecular flexibility index (Phi) is 12.6. The SMILES string of the molecule is CC1C=CC2C(C)(C1)C1=C(C=CCC1(C)N(c1ccccc1)c1ccc(-c3cc(-c4ccccc4)cc(-c4ccc(N(c5ccccc5)c5ccc(-c6ccccc6)cc5)cc4)c3)cc1)C2(c1ccccc1)c1ccccc1. The summed E-state index contributed by atoms with van der Waals surface area (Å²) in [6.07, 6.45) is 12.0. The Labute approximate surface area is 461 Å². The largest absolute Gasteiger partial charge is 0.331 e. The third-order valence-electron chi connectivity index (χ3n) is 17.3. The smallest absolute Gasteiger partial charge is 0.0680 e. The minimum absolute atomic E-state index is 0.137. The minimum atomic E-state index is -0.398. The molecule has 378 valence electrons. The Morgan fingerprint density at radius 1 is 0.372 bits per heavy atom. The Balaban J connectivity index is 0.902. The van der Waals surface area contributed by atoms with Gasteiger partial charge in [-0.05, 0) is 177 Å². The summed E-state index contributed by atoms with van der Waals surface area (Å²) in [5.41, 5.74) is 20.0. The molecule has 0 saturated heterocycles. The standard InChI is InChI=1S/C76H64N2/c1-55-36-49-72-74(2,54-55)73-71(76(72,64-27-14-6-15-28-64)65-29-16-7-17-30-65)35-22-50-75(73,3)78(69-33-20-9-21-34-69)70-47-41-60(42-48-70)63-52-61(57-25-12-5-13-26-57)51-62(53-63)59-39-45-68(46-40-59)77(66-31-18-8-19-32-66)67-43-37-58(38-44-67)56-23-10-4-11-24-56/h4-49,51-53,55,72H,50,54H2,1-3H3. The third-order valence-corrected chi connectivity index (χ3v) is 17.3. The number of hydrogen-bond donors (Lipinski definition) is 0. The molecule has 0 bridgehead atoms. The summed E-state index contributed by atoms with van der Waals surface area (Å²) in [7, 11) is 0. The number of fused-ring (bicyclic) bond motifs is 2. The Morgan fingerprint density at radius 3 is 1.21 bits per heavy atom. The van der Waals surface area contributed by atoms with Crippen LogP contribution >= 0.6 is 0 Å². The van der Waals surface area contributed by atoms with E-state index in [1.807, 2.05) is 0 Å². The summed E-state index contributed by atoms with van der Waals surface area (Å²) in [4.78, 5) is 5.02. The summed E-state index contributed by atoms with van der Waals surface area (Å²) in [6.45, 7) is 7.54. The van der Waals surface area contributed by atoms with Gasteiger partial charge in [0, 0.05) is 34.4 Å². The zero-order valence-corrected chi connectivity index (χ0v) is 44.8. The fourth-order valence-electron chi connectivity index (χ4n) is 14.1. The van der Waals surface area contributed by atoms with E-state index in [1.54, 1.807) is 5.57 Å². The van der Waals surface area contributed by atoms with E-state index in [0.29, 0.717) is 5.92 Å². The molecule has 2 heteroatoms. The maximum Gasteiger partial charge on any atom is 0.0680 e. The van der Waals surface area contributed by atoms with Crippen molar-refractivity contribution in [3.63, 3.8) is 0 Å². The molecule has 3 aliphatic carbocycles. The first kappa shape index (κ1) is 48.6. The molecule has 0 heterocycles. The predicted octanol–water partition coefficient (Wildman–Crippen LogP) is 20.2. The number of rotatable bonds is 12. The molecular formula is C76H64N2. The van der Waals surface area contributed by atoms with E-state index in [-0.39, 0.29) is 16.7 Å². The highest BCUT2D eigenvalue weighted by Gasteiger charge is 2.64. The van der Waals surface area contributed by atoms with Crippen LogP contribution in [-0.4, -0.2) is 5.54 Å². The number of para-hydroxylation sites is 2. The molecular weight excluding hydrogens is 941 g/mol. The highest BCUT2D eigenvalue weighted by atomic mass is 15.2. The van der Waals surface area contributed by atoms with Gasteiger partial charge in [-0.3, -0.25) is 0 Å². The zero-order chi connectivity index (χ0) is 52.7. The molecule has 78 heavy (non-hydrogen) atoms. The highest BCUT2D eigenvalue weighted by molar-refractivity contribution is 5.85. The summed E-state index contributed by atoms with van der Waals surface area (Å²) in [5, 5.41) is 0. The van der Waals surface area contributed by atoms with Crippen molar-refractivity contribution in [3.05, 3.63) is 320 Å². The molecule has 4 atom stereocenters. The fraction of sp³-hybridized carbons (Fsp3) is 0.132. The van der Waals surface area contributed by atoms with Crippen molar-refractivity contribution >= 4 is 28.4 Å². The van der Waals surface area contributed by atoms with Gasteiger partial charge in [0.05, 0.1) is 11.0 Å². The summed E-state index contributed by atoms with van der Waals surface area (Å²) in [5.74, 6) is 0.671. The molecule has 0 fully saturated rings. The van der Waals surface area contributed by atoms with E-state index in [2.05, 4.69) is 328 Å². The van der Waals surface area contributed by atoms with Crippen molar-refractivity contribution < 1.29 is 0 Å². The van der Waals surface area contributed by atoms with Gasteiger partial charge in [-0.25, -0.2) is 0 Å². The molecule has 0 aromatic heterocycles. The van der Waals surface area contributed by atoms with Crippen molar-refractivity contribution in [2.45, 2.75) is 44.6 Å². The van der Waals surface area contributed by atoms with Gasteiger partial charge in [-0.1, -0.05) is 232 Å². The van der Waals surface area contributed by atoms with Crippen LogP contribution in [0.15, 0.2) is 308 Å². The first-order valence-electron chi connectivity index (χ1n) is 27.8. The Morgan fingerprint density at radius 2 is 0.731 bits per heavy atom. The van der Waals surface area contributed by atoms with E-state index in [1.165, 1.54) is 67.0 Å². The predicted molar refractivity (Wildman–Crippen MR) is 329 cm³/mol. The van der Waals surface area contributed by atoms with E-state index in [4.69, 9.17) is 0 Å². The van der Waals surface area contributed by atoms with Crippen LogP contribution in [0.25, 0.3) is 44.5 Å². The second-order valence-electron chi connectivity index (χ2n) is 22.2. The van der Waals surface area contributed by atoms with Crippen LogP contribution in [0.4, 0.5) is 28.4 Å². The Bertz CT molecular complexity index is 3750. The van der Waals surface area contributed by atoms with Crippen LogP contribution in [0.1, 0.15) is 44.7 Å².